The summed E-state index contributed by atoms with van der Waals surface area (Å²) in [4.78, 5) is 21.6. The van der Waals surface area contributed by atoms with E-state index in [1.165, 1.54) is 0 Å². The second-order valence-electron chi connectivity index (χ2n) is 7.93. The number of ether oxygens (including phenoxy) is 1. The highest BCUT2D eigenvalue weighted by atomic mass is 35.5. The van der Waals surface area contributed by atoms with Gasteiger partial charge in [0.25, 0.3) is 5.91 Å². The number of nitriles is 1. The summed E-state index contributed by atoms with van der Waals surface area (Å²) in [5.41, 5.74) is 2.24. The summed E-state index contributed by atoms with van der Waals surface area (Å²) in [5, 5.41) is 13.7. The van der Waals surface area contributed by atoms with Crippen LogP contribution in [0.3, 0.4) is 0 Å². The zero-order chi connectivity index (χ0) is 20.4. The van der Waals surface area contributed by atoms with Crippen molar-refractivity contribution in [3.05, 3.63) is 36.0 Å². The van der Waals surface area contributed by atoms with Crippen LogP contribution in [0, 0.1) is 11.3 Å². The fourth-order valence-electron chi connectivity index (χ4n) is 4.38. The Hall–Kier alpha value is -2.40. The first kappa shape index (κ1) is 22.3. The summed E-state index contributed by atoms with van der Waals surface area (Å²) in [6.45, 7) is 5.03. The molecule has 0 aliphatic carbocycles. The number of nitrogens with one attached hydrogen (secondary N) is 1. The third-order valence-electron chi connectivity index (χ3n) is 5.91. The Balaban J connectivity index is 0.00000256. The number of anilines is 1. The standard InChI is InChI=1S/C22H27N5O2.ClH/c1-15-13-27(19-8-7-16(11-23)21-18(19)6-4-10-25-21)14-20(29-15)22(28)26(2)17-5-3-9-24-12-17;/h4,6-8,10,15,17,20,24H,3,5,9,12-14H2,1-2H3;1H/t15-,17-,20-;/m1./s1. The Morgan fingerprint density at radius 2 is 2.20 bits per heavy atom. The normalized spacial score (nSPS) is 24.0. The molecule has 2 aliphatic rings. The van der Waals surface area contributed by atoms with Crippen molar-refractivity contribution in [1.82, 2.24) is 15.2 Å². The van der Waals surface area contributed by atoms with Crippen molar-refractivity contribution in [1.29, 1.82) is 5.26 Å². The Morgan fingerprint density at radius 1 is 1.37 bits per heavy atom. The lowest BCUT2D eigenvalue weighted by Crippen LogP contribution is -2.56. The molecule has 1 N–H and O–H groups in total. The topological polar surface area (TPSA) is 81.5 Å². The first-order valence-corrected chi connectivity index (χ1v) is 10.2. The average molecular weight is 430 g/mol. The monoisotopic (exact) mass is 429 g/mol. The summed E-state index contributed by atoms with van der Waals surface area (Å²) >= 11 is 0. The fraction of sp³-hybridized carbons (Fsp3) is 0.500. The van der Waals surface area contributed by atoms with Gasteiger partial charge in [-0.2, -0.15) is 5.26 Å². The van der Waals surface area contributed by atoms with Crippen LogP contribution >= 0.6 is 12.4 Å². The summed E-state index contributed by atoms with van der Waals surface area (Å²) in [6, 6.07) is 10.1. The van der Waals surface area contributed by atoms with Crippen LogP contribution in [0.2, 0.25) is 0 Å². The second-order valence-corrected chi connectivity index (χ2v) is 7.93. The molecule has 2 aliphatic heterocycles. The van der Waals surface area contributed by atoms with E-state index in [4.69, 9.17) is 4.74 Å². The number of halogens is 1. The number of aromatic nitrogens is 1. The van der Waals surface area contributed by atoms with Crippen LogP contribution < -0.4 is 10.2 Å². The van der Waals surface area contributed by atoms with Gasteiger partial charge in [-0.25, -0.2) is 0 Å². The molecule has 0 radical (unpaired) electrons. The average Bonchev–Trinajstić information content (AvgIpc) is 2.77. The molecule has 0 spiro atoms. The Labute approximate surface area is 183 Å². The molecule has 1 amide bonds. The van der Waals surface area contributed by atoms with Gasteiger partial charge in [-0.3, -0.25) is 9.78 Å². The van der Waals surface area contributed by atoms with Crippen LogP contribution in [0.25, 0.3) is 10.9 Å². The maximum Gasteiger partial charge on any atom is 0.253 e. The van der Waals surface area contributed by atoms with Crippen LogP contribution in [0.15, 0.2) is 30.5 Å². The Morgan fingerprint density at radius 3 is 2.93 bits per heavy atom. The molecule has 2 saturated heterocycles. The molecule has 3 heterocycles. The van der Waals surface area contributed by atoms with Gasteiger partial charge in [0, 0.05) is 43.4 Å². The molecular formula is C22H28ClN5O2. The third kappa shape index (κ3) is 4.36. The predicted molar refractivity (Wildman–Crippen MR) is 119 cm³/mol. The van der Waals surface area contributed by atoms with Crippen molar-refractivity contribution < 1.29 is 9.53 Å². The van der Waals surface area contributed by atoms with Crippen molar-refractivity contribution in [2.75, 3.05) is 38.1 Å². The van der Waals surface area contributed by atoms with Crippen molar-refractivity contribution in [2.45, 2.75) is 38.0 Å². The molecule has 3 atom stereocenters. The highest BCUT2D eigenvalue weighted by Crippen LogP contribution is 2.30. The van der Waals surface area contributed by atoms with Crippen molar-refractivity contribution in [2.24, 2.45) is 0 Å². The van der Waals surface area contributed by atoms with E-state index in [2.05, 4.69) is 21.3 Å². The van der Waals surface area contributed by atoms with E-state index in [-0.39, 0.29) is 30.5 Å². The van der Waals surface area contributed by atoms with Gasteiger partial charge in [-0.15, -0.1) is 12.4 Å². The van der Waals surface area contributed by atoms with Gasteiger partial charge in [0.05, 0.1) is 23.7 Å². The van der Waals surface area contributed by atoms with E-state index >= 15 is 0 Å². The minimum absolute atomic E-state index is 0. The van der Waals surface area contributed by atoms with Gasteiger partial charge in [-0.05, 0) is 50.6 Å². The molecule has 0 unspecified atom stereocenters. The molecule has 0 saturated carbocycles. The fourth-order valence-corrected chi connectivity index (χ4v) is 4.38. The lowest BCUT2D eigenvalue weighted by molar-refractivity contribution is -0.149. The number of fused-ring (bicyclic) bond motifs is 1. The number of likely N-dealkylation sites (N-methyl/N-ethyl adjacent to an activating group) is 1. The van der Waals surface area contributed by atoms with Crippen molar-refractivity contribution in [3.63, 3.8) is 0 Å². The molecule has 30 heavy (non-hydrogen) atoms. The molecule has 8 heteroatoms. The number of nitrogens with zero attached hydrogens (tertiary/aromatic N) is 4. The number of morpholine rings is 1. The highest BCUT2D eigenvalue weighted by Gasteiger charge is 2.35. The van der Waals surface area contributed by atoms with Gasteiger partial charge >= 0.3 is 0 Å². The van der Waals surface area contributed by atoms with E-state index in [9.17, 15) is 10.1 Å². The second kappa shape index (κ2) is 9.61. The first-order chi connectivity index (χ1) is 14.1. The molecule has 160 valence electrons. The van der Waals surface area contributed by atoms with E-state index in [1.807, 2.05) is 37.1 Å². The highest BCUT2D eigenvalue weighted by molar-refractivity contribution is 5.95. The van der Waals surface area contributed by atoms with Crippen molar-refractivity contribution >= 4 is 34.9 Å². The van der Waals surface area contributed by atoms with E-state index < -0.39 is 6.10 Å². The Kier molecular flexibility index (Phi) is 7.14. The number of carbonyl (C=O) groups is 1. The van der Waals surface area contributed by atoms with E-state index in [0.717, 1.165) is 37.0 Å². The summed E-state index contributed by atoms with van der Waals surface area (Å²) in [5.74, 6) is 0.0336. The Bertz CT molecular complexity index is 941. The molecule has 0 bridgehead atoms. The lowest BCUT2D eigenvalue weighted by atomic mass is 10.0. The largest absolute Gasteiger partial charge is 0.365 e. The smallest absolute Gasteiger partial charge is 0.253 e. The van der Waals surface area contributed by atoms with Gasteiger partial charge in [0.1, 0.15) is 6.07 Å². The van der Waals surface area contributed by atoms with Crippen LogP contribution in [0.4, 0.5) is 5.69 Å². The van der Waals surface area contributed by atoms with E-state index in [1.54, 1.807) is 12.3 Å². The summed E-state index contributed by atoms with van der Waals surface area (Å²) < 4.78 is 6.05. The molecule has 1 aromatic carbocycles. The molecular weight excluding hydrogens is 402 g/mol. The van der Waals surface area contributed by atoms with Gasteiger partial charge in [0.15, 0.2) is 6.10 Å². The molecule has 7 nitrogen and oxygen atoms in total. The number of pyridine rings is 1. The maximum atomic E-state index is 13.2. The minimum Gasteiger partial charge on any atom is -0.365 e. The number of piperidine rings is 1. The SMILES string of the molecule is C[C@@H]1CN(c2ccc(C#N)c3ncccc23)C[C@H](C(=O)N(C)[C@@H]2CCCNC2)O1.Cl. The van der Waals surface area contributed by atoms with Crippen molar-refractivity contribution in [3.8, 4) is 6.07 Å². The molecule has 2 aromatic rings. The number of hydrogen-bond donors (Lipinski definition) is 1. The molecule has 4 rings (SSSR count). The van der Waals surface area contributed by atoms with Crippen LogP contribution in [0.5, 0.6) is 0 Å². The van der Waals surface area contributed by atoms with Crippen LogP contribution in [0.1, 0.15) is 25.3 Å². The minimum atomic E-state index is -0.506. The summed E-state index contributed by atoms with van der Waals surface area (Å²) in [6.07, 6.45) is 3.23. The number of amides is 1. The lowest BCUT2D eigenvalue weighted by Gasteiger charge is -2.41. The summed E-state index contributed by atoms with van der Waals surface area (Å²) in [7, 11) is 1.88. The number of hydrogen-bond acceptors (Lipinski definition) is 6. The first-order valence-electron chi connectivity index (χ1n) is 10.2. The zero-order valence-electron chi connectivity index (χ0n) is 17.4. The van der Waals surface area contributed by atoms with Crippen LogP contribution in [-0.2, 0) is 9.53 Å². The van der Waals surface area contributed by atoms with Gasteiger partial charge in [0.2, 0.25) is 0 Å². The molecule has 2 fully saturated rings. The third-order valence-corrected chi connectivity index (χ3v) is 5.91. The van der Waals surface area contributed by atoms with Gasteiger partial charge < -0.3 is 19.9 Å². The van der Waals surface area contributed by atoms with Gasteiger partial charge in [-0.1, -0.05) is 0 Å². The number of rotatable bonds is 3. The predicted octanol–water partition coefficient (Wildman–Crippen LogP) is 2.33. The molecule has 1 aromatic heterocycles. The quantitative estimate of drug-likeness (QED) is 0.806. The maximum absolute atomic E-state index is 13.2. The van der Waals surface area contributed by atoms with Crippen LogP contribution in [-0.4, -0.2) is 67.3 Å². The number of benzene rings is 1. The zero-order valence-corrected chi connectivity index (χ0v) is 18.2. The van der Waals surface area contributed by atoms with E-state index in [0.29, 0.717) is 24.2 Å². The number of carbonyl (C=O) groups excluding carboxylic acids is 1.